The molecule has 0 spiro atoms. The minimum absolute atomic E-state index is 0.00229. The molecule has 124 valence electrons. The predicted molar refractivity (Wildman–Crippen MR) is 95.3 cm³/mol. The van der Waals surface area contributed by atoms with E-state index in [0.717, 1.165) is 16.8 Å². The molecular formula is C17H16ClN3O2S. The van der Waals surface area contributed by atoms with Crippen LogP contribution in [-0.2, 0) is 16.0 Å². The summed E-state index contributed by atoms with van der Waals surface area (Å²) in [6, 6.07) is 9.11. The lowest BCUT2D eigenvalue weighted by Gasteiger charge is -2.15. The van der Waals surface area contributed by atoms with E-state index in [-0.39, 0.29) is 23.6 Å². The number of carbonyl (C=O) groups excluding carboxylic acids is 2. The van der Waals surface area contributed by atoms with Crippen LogP contribution in [0, 0.1) is 0 Å². The Morgan fingerprint density at radius 1 is 1.46 bits per heavy atom. The van der Waals surface area contributed by atoms with Crippen molar-refractivity contribution >= 4 is 40.9 Å². The lowest BCUT2D eigenvalue weighted by Crippen LogP contribution is -2.28. The van der Waals surface area contributed by atoms with Gasteiger partial charge in [-0.2, -0.15) is 0 Å². The van der Waals surface area contributed by atoms with Crippen LogP contribution in [0.25, 0.3) is 0 Å². The lowest BCUT2D eigenvalue weighted by molar-refractivity contribution is -0.119. The minimum Gasteiger partial charge on any atom is -0.349 e. The van der Waals surface area contributed by atoms with Crippen molar-refractivity contribution in [3.63, 3.8) is 0 Å². The lowest BCUT2D eigenvalue weighted by atomic mass is 10.0. The predicted octanol–water partition coefficient (Wildman–Crippen LogP) is 3.20. The van der Waals surface area contributed by atoms with Crippen molar-refractivity contribution in [1.82, 2.24) is 10.3 Å². The number of carbonyl (C=O) groups is 2. The fourth-order valence-corrected chi connectivity index (χ4v) is 3.47. The second-order valence-corrected chi connectivity index (χ2v) is 6.88. The quantitative estimate of drug-likeness (QED) is 0.802. The Morgan fingerprint density at radius 3 is 3.08 bits per heavy atom. The number of benzene rings is 1. The first-order valence-electron chi connectivity index (χ1n) is 7.48. The van der Waals surface area contributed by atoms with Gasteiger partial charge in [-0.05, 0) is 36.2 Å². The van der Waals surface area contributed by atoms with Crippen molar-refractivity contribution in [2.45, 2.75) is 24.4 Å². The van der Waals surface area contributed by atoms with Crippen LogP contribution >= 0.6 is 23.4 Å². The molecule has 2 aromatic rings. The molecule has 2 heterocycles. The number of fused-ring (bicyclic) bond motifs is 1. The maximum absolute atomic E-state index is 12.1. The zero-order valence-electron chi connectivity index (χ0n) is 13.0. The maximum atomic E-state index is 12.1. The molecule has 2 N–H and O–H groups in total. The zero-order chi connectivity index (χ0) is 17.1. The summed E-state index contributed by atoms with van der Waals surface area (Å²) < 4.78 is 0. The van der Waals surface area contributed by atoms with E-state index >= 15 is 0 Å². The molecule has 1 atom stereocenters. The molecule has 5 nitrogen and oxygen atoms in total. The van der Waals surface area contributed by atoms with Crippen LogP contribution in [0.2, 0.25) is 5.02 Å². The van der Waals surface area contributed by atoms with Crippen LogP contribution < -0.4 is 10.6 Å². The van der Waals surface area contributed by atoms with Crippen LogP contribution in [0.3, 0.4) is 0 Å². The molecule has 0 aliphatic carbocycles. The Balaban J connectivity index is 1.58. The van der Waals surface area contributed by atoms with Crippen LogP contribution in [-0.4, -0.2) is 22.6 Å². The van der Waals surface area contributed by atoms with Gasteiger partial charge in [0.1, 0.15) is 5.03 Å². The second kappa shape index (κ2) is 7.23. The summed E-state index contributed by atoms with van der Waals surface area (Å²) in [5, 5.41) is 6.93. The third-order valence-corrected chi connectivity index (χ3v) is 5.12. The average Bonchev–Trinajstić information content (AvgIpc) is 2.93. The third kappa shape index (κ3) is 3.88. The SMILES string of the molecule is CC(NC(=O)CSc1ncccc1Cl)c1ccc2c(c1)CC(=O)N2. The van der Waals surface area contributed by atoms with E-state index in [2.05, 4.69) is 15.6 Å². The van der Waals surface area contributed by atoms with Crippen molar-refractivity contribution < 1.29 is 9.59 Å². The summed E-state index contributed by atoms with van der Waals surface area (Å²) >= 11 is 7.33. The number of rotatable bonds is 5. The summed E-state index contributed by atoms with van der Waals surface area (Å²) in [5.41, 5.74) is 2.79. The summed E-state index contributed by atoms with van der Waals surface area (Å²) in [6.45, 7) is 1.92. The summed E-state index contributed by atoms with van der Waals surface area (Å²) in [7, 11) is 0. The molecule has 7 heteroatoms. The van der Waals surface area contributed by atoms with Crippen molar-refractivity contribution in [3.8, 4) is 0 Å². The number of anilines is 1. The number of aromatic nitrogens is 1. The highest BCUT2D eigenvalue weighted by Crippen LogP contribution is 2.27. The number of nitrogens with zero attached hydrogens (tertiary/aromatic N) is 1. The maximum Gasteiger partial charge on any atom is 0.230 e. The molecular weight excluding hydrogens is 346 g/mol. The van der Waals surface area contributed by atoms with Gasteiger partial charge in [-0.1, -0.05) is 35.5 Å². The van der Waals surface area contributed by atoms with Crippen LogP contribution in [0.15, 0.2) is 41.6 Å². The molecule has 1 aliphatic heterocycles. The van der Waals surface area contributed by atoms with E-state index in [0.29, 0.717) is 16.5 Å². The number of thioether (sulfide) groups is 1. The van der Waals surface area contributed by atoms with Crippen molar-refractivity contribution in [1.29, 1.82) is 0 Å². The fraction of sp³-hybridized carbons (Fsp3) is 0.235. The molecule has 3 rings (SSSR count). The van der Waals surface area contributed by atoms with Gasteiger partial charge in [-0.25, -0.2) is 4.98 Å². The van der Waals surface area contributed by atoms with Crippen molar-refractivity contribution in [2.75, 3.05) is 11.1 Å². The second-order valence-electron chi connectivity index (χ2n) is 5.51. The Kier molecular flexibility index (Phi) is 5.06. The van der Waals surface area contributed by atoms with E-state index in [1.54, 1.807) is 18.3 Å². The largest absolute Gasteiger partial charge is 0.349 e. The monoisotopic (exact) mass is 361 g/mol. The Labute approximate surface area is 149 Å². The molecule has 0 saturated carbocycles. The van der Waals surface area contributed by atoms with Gasteiger partial charge in [0.2, 0.25) is 11.8 Å². The smallest absolute Gasteiger partial charge is 0.230 e. The normalized spacial score (nSPS) is 14.0. The van der Waals surface area contributed by atoms with Crippen LogP contribution in [0.5, 0.6) is 0 Å². The van der Waals surface area contributed by atoms with Crippen LogP contribution in [0.1, 0.15) is 24.1 Å². The number of nitrogens with one attached hydrogen (secondary N) is 2. The molecule has 1 aromatic heterocycles. The summed E-state index contributed by atoms with van der Waals surface area (Å²) in [5.74, 6) is 0.151. The van der Waals surface area contributed by atoms with E-state index in [1.165, 1.54) is 11.8 Å². The first-order chi connectivity index (χ1) is 11.5. The first kappa shape index (κ1) is 16.8. The van der Waals surface area contributed by atoms with Gasteiger partial charge in [-0.3, -0.25) is 9.59 Å². The molecule has 0 fully saturated rings. The topological polar surface area (TPSA) is 71.1 Å². The molecule has 24 heavy (non-hydrogen) atoms. The van der Waals surface area contributed by atoms with Gasteiger partial charge in [0, 0.05) is 11.9 Å². The standard InChI is InChI=1S/C17H16ClN3O2S/c1-10(11-4-5-14-12(7-11)8-15(22)21-14)20-16(23)9-24-17-13(18)3-2-6-19-17/h2-7,10H,8-9H2,1H3,(H,20,23)(H,21,22). The molecule has 1 aromatic carbocycles. The Bertz CT molecular complexity index is 797. The van der Waals surface area contributed by atoms with Gasteiger partial charge < -0.3 is 10.6 Å². The van der Waals surface area contributed by atoms with Gasteiger partial charge >= 0.3 is 0 Å². The van der Waals surface area contributed by atoms with Crippen molar-refractivity contribution in [3.05, 3.63) is 52.7 Å². The highest BCUT2D eigenvalue weighted by atomic mass is 35.5. The zero-order valence-corrected chi connectivity index (χ0v) is 14.6. The van der Waals surface area contributed by atoms with E-state index in [4.69, 9.17) is 11.6 Å². The molecule has 2 amide bonds. The van der Waals surface area contributed by atoms with Gasteiger partial charge in [0.25, 0.3) is 0 Å². The number of hydrogen-bond acceptors (Lipinski definition) is 4. The number of hydrogen-bond donors (Lipinski definition) is 2. The molecule has 0 saturated heterocycles. The number of pyridine rings is 1. The van der Waals surface area contributed by atoms with Crippen molar-refractivity contribution in [2.24, 2.45) is 0 Å². The summed E-state index contributed by atoms with van der Waals surface area (Å²) in [4.78, 5) is 27.7. The van der Waals surface area contributed by atoms with Gasteiger partial charge in [0.15, 0.2) is 0 Å². The molecule has 1 unspecified atom stereocenters. The Hall–Kier alpha value is -2.05. The molecule has 1 aliphatic rings. The van der Waals surface area contributed by atoms with Crippen LogP contribution in [0.4, 0.5) is 5.69 Å². The van der Waals surface area contributed by atoms with E-state index < -0.39 is 0 Å². The molecule has 0 bridgehead atoms. The van der Waals surface area contributed by atoms with Gasteiger partial charge in [-0.15, -0.1) is 0 Å². The third-order valence-electron chi connectivity index (χ3n) is 3.70. The average molecular weight is 362 g/mol. The van der Waals surface area contributed by atoms with E-state index in [9.17, 15) is 9.59 Å². The molecule has 0 radical (unpaired) electrons. The fourth-order valence-electron chi connectivity index (χ4n) is 2.50. The van der Waals surface area contributed by atoms with E-state index in [1.807, 2.05) is 25.1 Å². The highest BCUT2D eigenvalue weighted by molar-refractivity contribution is 8.00. The summed E-state index contributed by atoms with van der Waals surface area (Å²) in [6.07, 6.45) is 2.03. The first-order valence-corrected chi connectivity index (χ1v) is 8.84. The highest BCUT2D eigenvalue weighted by Gasteiger charge is 2.19. The van der Waals surface area contributed by atoms with Gasteiger partial charge in [0.05, 0.1) is 23.2 Å². The Morgan fingerprint density at radius 2 is 2.29 bits per heavy atom. The number of halogens is 1. The number of amides is 2. The minimum atomic E-state index is -0.140.